The summed E-state index contributed by atoms with van der Waals surface area (Å²) in [5.74, 6) is -0.351. The van der Waals surface area contributed by atoms with Crippen molar-refractivity contribution < 1.29 is 14.4 Å². The van der Waals surface area contributed by atoms with Gasteiger partial charge in [0.15, 0.2) is 0 Å². The topological polar surface area (TPSA) is 78.5 Å². The first-order chi connectivity index (χ1) is 12.9. The van der Waals surface area contributed by atoms with Gasteiger partial charge < -0.3 is 15.5 Å². The van der Waals surface area contributed by atoms with Gasteiger partial charge in [0, 0.05) is 43.4 Å². The van der Waals surface area contributed by atoms with E-state index in [9.17, 15) is 14.4 Å². The second kappa shape index (κ2) is 9.52. The zero-order valence-corrected chi connectivity index (χ0v) is 15.9. The Kier molecular flexibility index (Phi) is 7.11. The molecule has 6 nitrogen and oxygen atoms in total. The van der Waals surface area contributed by atoms with Gasteiger partial charge in [-0.2, -0.15) is 0 Å². The maximum Gasteiger partial charge on any atom is 0.255 e. The summed E-state index contributed by atoms with van der Waals surface area (Å²) >= 11 is 0. The molecule has 0 unspecified atom stereocenters. The van der Waals surface area contributed by atoms with E-state index in [-0.39, 0.29) is 17.7 Å². The van der Waals surface area contributed by atoms with Gasteiger partial charge in [-0.05, 0) is 55.8 Å². The number of nitrogens with zero attached hydrogens (tertiary/aromatic N) is 1. The lowest BCUT2D eigenvalue weighted by atomic mass is 10.1. The summed E-state index contributed by atoms with van der Waals surface area (Å²) in [6, 6.07) is 13.9. The van der Waals surface area contributed by atoms with Crippen LogP contribution < -0.4 is 10.6 Å². The average molecular weight is 367 g/mol. The zero-order valence-electron chi connectivity index (χ0n) is 15.9. The molecule has 0 aromatic heterocycles. The molecule has 0 spiro atoms. The SMILES string of the molecule is CCN(CC)C(=O)c1ccc(NC(=O)c2ccc(CNC(C)=O)cc2)cc1. The van der Waals surface area contributed by atoms with E-state index in [4.69, 9.17) is 0 Å². The maximum atomic E-state index is 12.4. The Balaban J connectivity index is 1.99. The predicted molar refractivity (Wildman–Crippen MR) is 106 cm³/mol. The van der Waals surface area contributed by atoms with Crippen molar-refractivity contribution in [1.29, 1.82) is 0 Å². The average Bonchev–Trinajstić information content (AvgIpc) is 2.68. The third kappa shape index (κ3) is 5.67. The Morgan fingerprint density at radius 1 is 0.852 bits per heavy atom. The molecule has 2 N–H and O–H groups in total. The van der Waals surface area contributed by atoms with E-state index in [0.29, 0.717) is 36.4 Å². The van der Waals surface area contributed by atoms with Crippen molar-refractivity contribution in [3.63, 3.8) is 0 Å². The maximum absolute atomic E-state index is 12.4. The molecule has 27 heavy (non-hydrogen) atoms. The molecular formula is C21H25N3O3. The molecule has 0 bridgehead atoms. The van der Waals surface area contributed by atoms with Gasteiger partial charge in [-0.3, -0.25) is 14.4 Å². The molecule has 3 amide bonds. The molecule has 0 aliphatic heterocycles. The highest BCUT2D eigenvalue weighted by molar-refractivity contribution is 6.04. The van der Waals surface area contributed by atoms with Crippen molar-refractivity contribution in [1.82, 2.24) is 10.2 Å². The van der Waals surface area contributed by atoms with E-state index >= 15 is 0 Å². The molecule has 142 valence electrons. The number of benzene rings is 2. The number of hydrogen-bond donors (Lipinski definition) is 2. The van der Waals surface area contributed by atoms with Crippen LogP contribution in [0.25, 0.3) is 0 Å². The summed E-state index contributed by atoms with van der Waals surface area (Å²) in [5.41, 5.74) is 2.66. The quantitative estimate of drug-likeness (QED) is 0.789. The smallest absolute Gasteiger partial charge is 0.255 e. The summed E-state index contributed by atoms with van der Waals surface area (Å²) in [4.78, 5) is 37.3. The first kappa shape index (κ1) is 20.2. The number of carbonyl (C=O) groups is 3. The fourth-order valence-electron chi connectivity index (χ4n) is 2.59. The fourth-order valence-corrected chi connectivity index (χ4v) is 2.59. The van der Waals surface area contributed by atoms with Gasteiger partial charge in [-0.1, -0.05) is 12.1 Å². The van der Waals surface area contributed by atoms with Crippen LogP contribution in [0.5, 0.6) is 0 Å². The van der Waals surface area contributed by atoms with Crippen molar-refractivity contribution in [2.75, 3.05) is 18.4 Å². The second-order valence-corrected chi connectivity index (χ2v) is 6.12. The summed E-state index contributed by atoms with van der Waals surface area (Å²) in [5, 5.41) is 5.53. The van der Waals surface area contributed by atoms with E-state index in [2.05, 4.69) is 10.6 Å². The first-order valence-electron chi connectivity index (χ1n) is 8.98. The fraction of sp³-hybridized carbons (Fsp3) is 0.286. The molecular weight excluding hydrogens is 342 g/mol. The highest BCUT2D eigenvalue weighted by Crippen LogP contribution is 2.14. The molecule has 6 heteroatoms. The van der Waals surface area contributed by atoms with Gasteiger partial charge in [-0.25, -0.2) is 0 Å². The van der Waals surface area contributed by atoms with E-state index in [0.717, 1.165) is 5.56 Å². The number of nitrogens with one attached hydrogen (secondary N) is 2. The van der Waals surface area contributed by atoms with Gasteiger partial charge in [-0.15, -0.1) is 0 Å². The van der Waals surface area contributed by atoms with Crippen LogP contribution in [-0.2, 0) is 11.3 Å². The highest BCUT2D eigenvalue weighted by Gasteiger charge is 2.12. The van der Waals surface area contributed by atoms with Crippen molar-refractivity contribution in [2.45, 2.75) is 27.3 Å². The minimum absolute atomic E-state index is 0.0207. The number of carbonyl (C=O) groups excluding carboxylic acids is 3. The standard InChI is InChI=1S/C21H25N3O3/c1-4-24(5-2)21(27)18-10-12-19(13-11-18)23-20(26)17-8-6-16(7-9-17)14-22-15(3)25/h6-13H,4-5,14H2,1-3H3,(H,22,25)(H,23,26). The van der Waals surface area contributed by atoms with Crippen molar-refractivity contribution in [2.24, 2.45) is 0 Å². The van der Waals surface area contributed by atoms with Gasteiger partial charge in [0.25, 0.3) is 11.8 Å². The first-order valence-corrected chi connectivity index (χ1v) is 8.98. The summed E-state index contributed by atoms with van der Waals surface area (Å²) < 4.78 is 0. The van der Waals surface area contributed by atoms with Crippen LogP contribution in [0.2, 0.25) is 0 Å². The lowest BCUT2D eigenvalue weighted by Crippen LogP contribution is -2.30. The van der Waals surface area contributed by atoms with Crippen molar-refractivity contribution >= 4 is 23.4 Å². The molecule has 2 aromatic carbocycles. The zero-order chi connectivity index (χ0) is 19.8. The Morgan fingerprint density at radius 3 is 1.93 bits per heavy atom. The highest BCUT2D eigenvalue weighted by atomic mass is 16.2. The molecule has 2 rings (SSSR count). The van der Waals surface area contributed by atoms with Gasteiger partial charge in [0.1, 0.15) is 0 Å². The summed E-state index contributed by atoms with van der Waals surface area (Å²) in [7, 11) is 0. The largest absolute Gasteiger partial charge is 0.352 e. The van der Waals surface area contributed by atoms with Gasteiger partial charge in [0.05, 0.1) is 0 Å². The molecule has 0 radical (unpaired) electrons. The number of anilines is 1. The Labute approximate surface area is 159 Å². The summed E-state index contributed by atoms with van der Waals surface area (Å²) in [6.45, 7) is 7.09. The van der Waals surface area contributed by atoms with Crippen LogP contribution >= 0.6 is 0 Å². The van der Waals surface area contributed by atoms with Crippen LogP contribution in [0.15, 0.2) is 48.5 Å². The molecule has 0 saturated heterocycles. The number of rotatable bonds is 7. The Hall–Kier alpha value is -3.15. The number of hydrogen-bond acceptors (Lipinski definition) is 3. The normalized spacial score (nSPS) is 10.2. The Morgan fingerprint density at radius 2 is 1.41 bits per heavy atom. The minimum atomic E-state index is -0.233. The summed E-state index contributed by atoms with van der Waals surface area (Å²) in [6.07, 6.45) is 0. The van der Waals surface area contributed by atoms with Crippen molar-refractivity contribution in [3.8, 4) is 0 Å². The monoisotopic (exact) mass is 367 g/mol. The molecule has 0 heterocycles. The molecule has 0 fully saturated rings. The van der Waals surface area contributed by atoms with Crippen LogP contribution in [0.3, 0.4) is 0 Å². The van der Waals surface area contributed by atoms with Gasteiger partial charge in [0.2, 0.25) is 5.91 Å². The predicted octanol–water partition coefficient (Wildman–Crippen LogP) is 3.06. The molecule has 0 aliphatic rings. The molecule has 2 aromatic rings. The molecule has 0 saturated carbocycles. The van der Waals surface area contributed by atoms with Crippen LogP contribution in [0.4, 0.5) is 5.69 Å². The van der Waals surface area contributed by atoms with Crippen LogP contribution in [-0.4, -0.2) is 35.7 Å². The van der Waals surface area contributed by atoms with Crippen molar-refractivity contribution in [3.05, 3.63) is 65.2 Å². The third-order valence-electron chi connectivity index (χ3n) is 4.20. The van der Waals surface area contributed by atoms with E-state index in [1.807, 2.05) is 13.8 Å². The minimum Gasteiger partial charge on any atom is -0.352 e. The number of amides is 3. The lowest BCUT2D eigenvalue weighted by molar-refractivity contribution is -0.119. The third-order valence-corrected chi connectivity index (χ3v) is 4.20. The van der Waals surface area contributed by atoms with Crippen LogP contribution in [0, 0.1) is 0 Å². The van der Waals surface area contributed by atoms with Crippen LogP contribution in [0.1, 0.15) is 47.1 Å². The lowest BCUT2D eigenvalue weighted by Gasteiger charge is -2.18. The van der Waals surface area contributed by atoms with E-state index < -0.39 is 0 Å². The van der Waals surface area contributed by atoms with E-state index in [1.165, 1.54) is 6.92 Å². The molecule has 0 atom stereocenters. The van der Waals surface area contributed by atoms with E-state index in [1.54, 1.807) is 53.4 Å². The second-order valence-electron chi connectivity index (χ2n) is 6.12. The van der Waals surface area contributed by atoms with Gasteiger partial charge >= 0.3 is 0 Å². The Bertz CT molecular complexity index is 794. The molecule has 0 aliphatic carbocycles.